The molecular formula is C14H14BrClS. The standard InChI is InChI=1S/C14H14BrClS/c1-8-4-5-11(9(2)6-8)14(16)13-7-12(15)10(3)17-13/h4-7,14H,1-3H3. The Labute approximate surface area is 120 Å². The second-order valence-electron chi connectivity index (χ2n) is 4.28. The molecule has 0 aliphatic carbocycles. The quantitative estimate of drug-likeness (QED) is 0.614. The van der Waals surface area contributed by atoms with Crippen LogP contribution in [0.3, 0.4) is 0 Å². The van der Waals surface area contributed by atoms with Gasteiger partial charge in [-0.25, -0.2) is 0 Å². The van der Waals surface area contributed by atoms with Crippen LogP contribution in [0.15, 0.2) is 28.7 Å². The van der Waals surface area contributed by atoms with Crippen LogP contribution in [-0.4, -0.2) is 0 Å². The normalized spacial score (nSPS) is 12.8. The molecule has 0 aliphatic rings. The molecule has 0 fully saturated rings. The van der Waals surface area contributed by atoms with Gasteiger partial charge in [0.1, 0.15) is 0 Å². The van der Waals surface area contributed by atoms with Gasteiger partial charge in [0.05, 0.1) is 5.38 Å². The van der Waals surface area contributed by atoms with Crippen LogP contribution < -0.4 is 0 Å². The predicted molar refractivity (Wildman–Crippen MR) is 80.4 cm³/mol. The lowest BCUT2D eigenvalue weighted by Crippen LogP contribution is -1.94. The summed E-state index contributed by atoms with van der Waals surface area (Å²) in [6, 6.07) is 8.55. The minimum Gasteiger partial charge on any atom is -0.143 e. The topological polar surface area (TPSA) is 0 Å². The maximum Gasteiger partial charge on any atom is 0.0930 e. The fourth-order valence-electron chi connectivity index (χ4n) is 1.87. The molecule has 0 bridgehead atoms. The average molecular weight is 330 g/mol. The Balaban J connectivity index is 2.39. The third-order valence-electron chi connectivity index (χ3n) is 2.82. The fraction of sp³-hybridized carbons (Fsp3) is 0.286. The minimum atomic E-state index is -0.0504. The van der Waals surface area contributed by atoms with Gasteiger partial charge in [-0.15, -0.1) is 22.9 Å². The molecule has 3 heteroatoms. The van der Waals surface area contributed by atoms with Gasteiger partial charge in [0.15, 0.2) is 0 Å². The summed E-state index contributed by atoms with van der Waals surface area (Å²) in [7, 11) is 0. The highest BCUT2D eigenvalue weighted by atomic mass is 79.9. The Morgan fingerprint density at radius 2 is 1.88 bits per heavy atom. The van der Waals surface area contributed by atoms with Gasteiger partial charge in [0, 0.05) is 14.2 Å². The number of aryl methyl sites for hydroxylation is 3. The van der Waals surface area contributed by atoms with Crippen molar-refractivity contribution in [3.63, 3.8) is 0 Å². The van der Waals surface area contributed by atoms with Gasteiger partial charge in [0.25, 0.3) is 0 Å². The van der Waals surface area contributed by atoms with Gasteiger partial charge in [-0.1, -0.05) is 23.8 Å². The molecule has 0 spiro atoms. The van der Waals surface area contributed by atoms with E-state index in [1.807, 2.05) is 0 Å². The predicted octanol–water partition coefficient (Wildman–Crippen LogP) is 5.76. The van der Waals surface area contributed by atoms with Crippen LogP contribution in [0.2, 0.25) is 0 Å². The van der Waals surface area contributed by atoms with E-state index in [4.69, 9.17) is 11.6 Å². The van der Waals surface area contributed by atoms with Gasteiger partial charge in [0.2, 0.25) is 0 Å². The average Bonchev–Trinajstić information content (AvgIpc) is 2.58. The van der Waals surface area contributed by atoms with E-state index in [-0.39, 0.29) is 5.38 Å². The molecule has 2 rings (SSSR count). The number of alkyl halides is 1. The SMILES string of the molecule is Cc1ccc(C(Cl)c2cc(Br)c(C)s2)c(C)c1. The number of benzene rings is 1. The van der Waals surface area contributed by atoms with Crippen LogP contribution in [-0.2, 0) is 0 Å². The molecular weight excluding hydrogens is 316 g/mol. The Morgan fingerprint density at radius 1 is 1.18 bits per heavy atom. The molecule has 0 amide bonds. The van der Waals surface area contributed by atoms with E-state index < -0.39 is 0 Å². The van der Waals surface area contributed by atoms with E-state index in [0.717, 1.165) is 4.47 Å². The number of hydrogen-bond acceptors (Lipinski definition) is 1. The number of halogens is 2. The van der Waals surface area contributed by atoms with Crippen LogP contribution >= 0.6 is 38.9 Å². The molecule has 1 heterocycles. The minimum absolute atomic E-state index is 0.0504. The van der Waals surface area contributed by atoms with E-state index >= 15 is 0 Å². The van der Waals surface area contributed by atoms with Crippen LogP contribution in [0.5, 0.6) is 0 Å². The summed E-state index contributed by atoms with van der Waals surface area (Å²) in [5.74, 6) is 0. The number of hydrogen-bond donors (Lipinski definition) is 0. The first-order valence-electron chi connectivity index (χ1n) is 5.46. The summed E-state index contributed by atoms with van der Waals surface area (Å²) < 4.78 is 1.15. The second kappa shape index (κ2) is 5.13. The maximum atomic E-state index is 6.56. The van der Waals surface area contributed by atoms with Gasteiger partial charge >= 0.3 is 0 Å². The highest BCUT2D eigenvalue weighted by Crippen LogP contribution is 2.38. The van der Waals surface area contributed by atoms with Crippen LogP contribution in [0, 0.1) is 20.8 Å². The molecule has 2 aromatic rings. The monoisotopic (exact) mass is 328 g/mol. The van der Waals surface area contributed by atoms with E-state index in [1.165, 1.54) is 26.4 Å². The highest BCUT2D eigenvalue weighted by Gasteiger charge is 2.16. The number of thiophene rings is 1. The van der Waals surface area contributed by atoms with Gasteiger partial charge in [-0.05, 0) is 53.9 Å². The zero-order valence-corrected chi connectivity index (χ0v) is 13.2. The largest absolute Gasteiger partial charge is 0.143 e. The molecule has 1 unspecified atom stereocenters. The fourth-order valence-corrected chi connectivity index (χ4v) is 3.87. The summed E-state index contributed by atoms with van der Waals surface area (Å²) in [5, 5.41) is -0.0504. The van der Waals surface area contributed by atoms with Crippen molar-refractivity contribution in [2.24, 2.45) is 0 Å². The van der Waals surface area contributed by atoms with E-state index in [1.54, 1.807) is 11.3 Å². The third kappa shape index (κ3) is 2.75. The summed E-state index contributed by atoms with van der Waals surface area (Å²) >= 11 is 11.9. The van der Waals surface area contributed by atoms with Gasteiger partial charge in [-0.2, -0.15) is 0 Å². The molecule has 17 heavy (non-hydrogen) atoms. The van der Waals surface area contributed by atoms with Crippen LogP contribution in [0.4, 0.5) is 0 Å². The Hall–Kier alpha value is -0.310. The van der Waals surface area contributed by atoms with Gasteiger partial charge < -0.3 is 0 Å². The third-order valence-corrected chi connectivity index (χ3v) is 5.63. The lowest BCUT2D eigenvalue weighted by Gasteiger charge is -2.11. The summed E-state index contributed by atoms with van der Waals surface area (Å²) in [6.45, 7) is 6.32. The zero-order chi connectivity index (χ0) is 12.6. The van der Waals surface area contributed by atoms with Crippen molar-refractivity contribution in [3.05, 3.63) is 55.2 Å². The first-order chi connectivity index (χ1) is 7.99. The lowest BCUT2D eigenvalue weighted by atomic mass is 10.0. The summed E-state index contributed by atoms with van der Waals surface area (Å²) in [5.41, 5.74) is 3.73. The van der Waals surface area contributed by atoms with Crippen LogP contribution in [0.1, 0.15) is 31.8 Å². The zero-order valence-electron chi connectivity index (χ0n) is 10.1. The molecule has 0 saturated heterocycles. The molecule has 1 atom stereocenters. The first kappa shape index (κ1) is 13.1. The molecule has 0 N–H and O–H groups in total. The smallest absolute Gasteiger partial charge is 0.0930 e. The van der Waals surface area contributed by atoms with E-state index in [0.29, 0.717) is 0 Å². The van der Waals surface area contributed by atoms with E-state index in [9.17, 15) is 0 Å². The summed E-state index contributed by atoms with van der Waals surface area (Å²) in [6.07, 6.45) is 0. The highest BCUT2D eigenvalue weighted by molar-refractivity contribution is 9.10. The molecule has 0 saturated carbocycles. The molecule has 90 valence electrons. The van der Waals surface area contributed by atoms with Crippen molar-refractivity contribution in [2.45, 2.75) is 26.1 Å². The lowest BCUT2D eigenvalue weighted by molar-refractivity contribution is 1.14. The van der Waals surface area contributed by atoms with Crippen molar-refractivity contribution in [1.29, 1.82) is 0 Å². The van der Waals surface area contributed by atoms with Crippen LogP contribution in [0.25, 0.3) is 0 Å². The maximum absolute atomic E-state index is 6.56. The molecule has 0 nitrogen and oxygen atoms in total. The van der Waals surface area contributed by atoms with Crippen molar-refractivity contribution in [3.8, 4) is 0 Å². The van der Waals surface area contributed by atoms with E-state index in [2.05, 4.69) is 61.0 Å². The van der Waals surface area contributed by atoms with Crippen molar-refractivity contribution < 1.29 is 0 Å². The molecule has 1 aromatic carbocycles. The second-order valence-corrected chi connectivity index (χ2v) is 6.85. The van der Waals surface area contributed by atoms with Crippen molar-refractivity contribution >= 4 is 38.9 Å². The van der Waals surface area contributed by atoms with Crippen molar-refractivity contribution in [1.82, 2.24) is 0 Å². The molecule has 1 aromatic heterocycles. The number of rotatable bonds is 2. The van der Waals surface area contributed by atoms with Crippen molar-refractivity contribution in [2.75, 3.05) is 0 Å². The van der Waals surface area contributed by atoms with Gasteiger partial charge in [-0.3, -0.25) is 0 Å². The first-order valence-corrected chi connectivity index (χ1v) is 7.50. The molecule has 0 radical (unpaired) electrons. The Bertz CT molecular complexity index is 526. The Kier molecular flexibility index (Phi) is 3.96. The summed E-state index contributed by atoms with van der Waals surface area (Å²) in [4.78, 5) is 2.47. The Morgan fingerprint density at radius 3 is 2.41 bits per heavy atom. The molecule has 0 aliphatic heterocycles.